The molecule has 1 N–H and O–H groups in total. The van der Waals surface area contributed by atoms with Crippen LogP contribution in [0, 0.1) is 6.92 Å². The van der Waals surface area contributed by atoms with Crippen molar-refractivity contribution in [1.29, 1.82) is 0 Å². The summed E-state index contributed by atoms with van der Waals surface area (Å²) in [6.07, 6.45) is 1.42. The van der Waals surface area contributed by atoms with Crippen LogP contribution in [-0.2, 0) is 11.3 Å². The van der Waals surface area contributed by atoms with E-state index < -0.39 is 0 Å². The van der Waals surface area contributed by atoms with Gasteiger partial charge in [0, 0.05) is 6.20 Å². The Bertz CT molecular complexity index is 728. The van der Waals surface area contributed by atoms with Gasteiger partial charge in [0.15, 0.2) is 0 Å². The second-order valence-corrected chi connectivity index (χ2v) is 5.15. The lowest BCUT2D eigenvalue weighted by atomic mass is 10.3. The number of benzene rings is 1. The van der Waals surface area contributed by atoms with Crippen LogP contribution in [0.25, 0.3) is 0 Å². The van der Waals surface area contributed by atoms with Crippen LogP contribution in [0.2, 0.25) is 0 Å². The molecule has 1 aromatic heterocycles. The minimum Gasteiger partial charge on any atom is -0.495 e. The van der Waals surface area contributed by atoms with Gasteiger partial charge in [-0.2, -0.15) is 0 Å². The first-order valence-corrected chi connectivity index (χ1v) is 6.97. The molecule has 2 rings (SSSR count). The van der Waals surface area contributed by atoms with Crippen LogP contribution in [0.4, 0.5) is 5.69 Å². The Hall–Kier alpha value is -2.15. The molecule has 2 aromatic rings. The summed E-state index contributed by atoms with van der Waals surface area (Å²) in [7, 11) is 1.53. The third kappa shape index (κ3) is 3.49. The normalized spacial score (nSPS) is 10.2. The van der Waals surface area contributed by atoms with Crippen LogP contribution in [0.3, 0.4) is 0 Å². The Labute approximate surface area is 129 Å². The zero-order valence-corrected chi connectivity index (χ0v) is 13.2. The highest BCUT2D eigenvalue weighted by Crippen LogP contribution is 2.22. The average molecular weight is 352 g/mol. The number of halogens is 1. The number of rotatable bonds is 4. The number of carbonyl (C=O) groups excluding carboxylic acids is 1. The number of aryl methyl sites for hydroxylation is 1. The molecular weight excluding hydrogens is 338 g/mol. The highest BCUT2D eigenvalue weighted by Gasteiger charge is 2.11. The van der Waals surface area contributed by atoms with Gasteiger partial charge in [0.05, 0.1) is 12.8 Å². The van der Waals surface area contributed by atoms with Gasteiger partial charge in [0.25, 0.3) is 5.56 Å². The molecule has 0 saturated heterocycles. The van der Waals surface area contributed by atoms with Crippen molar-refractivity contribution >= 4 is 27.5 Å². The highest BCUT2D eigenvalue weighted by atomic mass is 79.9. The third-order valence-corrected chi connectivity index (χ3v) is 3.43. The standard InChI is InChI=1S/C14H14BrN3O3/c1-9-16-7-10(15)14(20)18(9)8-13(19)17-11-5-3-4-6-12(11)21-2/h3-7H,8H2,1-2H3,(H,17,19). The second kappa shape index (κ2) is 6.53. The summed E-state index contributed by atoms with van der Waals surface area (Å²) in [5.74, 6) is 0.699. The van der Waals surface area contributed by atoms with E-state index in [0.29, 0.717) is 21.7 Å². The van der Waals surface area contributed by atoms with Gasteiger partial charge >= 0.3 is 0 Å². The van der Waals surface area contributed by atoms with Gasteiger partial charge in [-0.15, -0.1) is 0 Å². The van der Waals surface area contributed by atoms with Crippen molar-refractivity contribution in [3.8, 4) is 5.75 Å². The molecule has 1 heterocycles. The van der Waals surface area contributed by atoms with Gasteiger partial charge in [0.2, 0.25) is 5.91 Å². The van der Waals surface area contributed by atoms with Gasteiger partial charge in [-0.1, -0.05) is 12.1 Å². The van der Waals surface area contributed by atoms with Crippen molar-refractivity contribution in [3.05, 3.63) is 51.1 Å². The van der Waals surface area contributed by atoms with E-state index >= 15 is 0 Å². The van der Waals surface area contributed by atoms with Gasteiger partial charge in [0.1, 0.15) is 22.6 Å². The Balaban J connectivity index is 2.20. The first kappa shape index (κ1) is 15.2. The van der Waals surface area contributed by atoms with Crippen LogP contribution in [0.5, 0.6) is 5.75 Å². The minimum absolute atomic E-state index is 0.116. The van der Waals surface area contributed by atoms with E-state index in [9.17, 15) is 9.59 Å². The van der Waals surface area contributed by atoms with Crippen molar-refractivity contribution < 1.29 is 9.53 Å². The fourth-order valence-electron chi connectivity index (χ4n) is 1.82. The number of hydrogen-bond donors (Lipinski definition) is 1. The van der Waals surface area contributed by atoms with E-state index in [1.54, 1.807) is 31.2 Å². The number of anilines is 1. The molecule has 1 amide bonds. The zero-order valence-electron chi connectivity index (χ0n) is 11.6. The molecule has 0 bridgehead atoms. The molecule has 7 heteroatoms. The zero-order chi connectivity index (χ0) is 15.4. The van der Waals surface area contributed by atoms with Crippen LogP contribution >= 0.6 is 15.9 Å². The molecule has 0 saturated carbocycles. The molecule has 0 fully saturated rings. The fraction of sp³-hybridized carbons (Fsp3) is 0.214. The van der Waals surface area contributed by atoms with Gasteiger partial charge in [-0.3, -0.25) is 14.2 Å². The second-order valence-electron chi connectivity index (χ2n) is 4.29. The molecule has 0 aliphatic rings. The molecule has 0 atom stereocenters. The number of hydrogen-bond acceptors (Lipinski definition) is 4. The quantitative estimate of drug-likeness (QED) is 0.913. The lowest BCUT2D eigenvalue weighted by Crippen LogP contribution is -2.30. The van der Waals surface area contributed by atoms with Gasteiger partial charge in [-0.05, 0) is 35.0 Å². The summed E-state index contributed by atoms with van der Waals surface area (Å²) in [4.78, 5) is 28.1. The molecule has 0 aliphatic carbocycles. The van der Waals surface area contributed by atoms with Crippen LogP contribution in [-0.4, -0.2) is 22.6 Å². The van der Waals surface area contributed by atoms with Crippen molar-refractivity contribution in [2.45, 2.75) is 13.5 Å². The molecule has 0 spiro atoms. The number of para-hydroxylation sites is 2. The third-order valence-electron chi connectivity index (χ3n) is 2.89. The first-order valence-electron chi connectivity index (χ1n) is 6.17. The molecule has 6 nitrogen and oxygen atoms in total. The summed E-state index contributed by atoms with van der Waals surface area (Å²) in [6.45, 7) is 1.55. The monoisotopic (exact) mass is 351 g/mol. The van der Waals surface area contributed by atoms with E-state index in [0.717, 1.165) is 0 Å². The van der Waals surface area contributed by atoms with E-state index in [-0.39, 0.29) is 18.0 Å². The maximum absolute atomic E-state index is 12.1. The van der Waals surface area contributed by atoms with Crippen molar-refractivity contribution in [1.82, 2.24) is 9.55 Å². The highest BCUT2D eigenvalue weighted by molar-refractivity contribution is 9.10. The summed E-state index contributed by atoms with van der Waals surface area (Å²) in [5.41, 5.74) is 0.260. The SMILES string of the molecule is COc1ccccc1NC(=O)Cn1c(C)ncc(Br)c1=O. The topological polar surface area (TPSA) is 73.2 Å². The maximum Gasteiger partial charge on any atom is 0.268 e. The molecular formula is C14H14BrN3O3. The number of methoxy groups -OCH3 is 1. The Morgan fingerprint density at radius 2 is 2.14 bits per heavy atom. The van der Waals surface area contributed by atoms with E-state index in [1.165, 1.54) is 17.9 Å². The predicted octanol–water partition coefficient (Wildman–Crippen LogP) is 1.96. The van der Waals surface area contributed by atoms with Crippen molar-refractivity contribution in [2.24, 2.45) is 0 Å². The molecule has 21 heavy (non-hydrogen) atoms. The van der Waals surface area contributed by atoms with Crippen molar-refractivity contribution in [2.75, 3.05) is 12.4 Å². The van der Waals surface area contributed by atoms with Crippen LogP contribution in [0.15, 0.2) is 39.7 Å². The summed E-state index contributed by atoms with van der Waals surface area (Å²) in [5, 5.41) is 2.72. The van der Waals surface area contributed by atoms with Gasteiger partial charge in [-0.25, -0.2) is 4.98 Å². The molecule has 0 unspecified atom stereocenters. The molecule has 110 valence electrons. The minimum atomic E-state index is -0.329. The number of carbonyl (C=O) groups is 1. The smallest absolute Gasteiger partial charge is 0.268 e. The van der Waals surface area contributed by atoms with E-state index in [4.69, 9.17) is 4.74 Å². The number of nitrogens with zero attached hydrogens (tertiary/aromatic N) is 2. The Morgan fingerprint density at radius 3 is 2.86 bits per heavy atom. The number of aromatic nitrogens is 2. The fourth-order valence-corrected chi connectivity index (χ4v) is 2.13. The predicted molar refractivity (Wildman–Crippen MR) is 82.6 cm³/mol. The lowest BCUT2D eigenvalue weighted by molar-refractivity contribution is -0.116. The summed E-state index contributed by atoms with van der Waals surface area (Å²) in [6, 6.07) is 7.07. The first-order chi connectivity index (χ1) is 10.0. The Morgan fingerprint density at radius 1 is 1.43 bits per heavy atom. The van der Waals surface area contributed by atoms with Crippen LogP contribution in [0.1, 0.15) is 5.82 Å². The number of nitrogens with one attached hydrogen (secondary N) is 1. The Kier molecular flexibility index (Phi) is 4.74. The number of amides is 1. The van der Waals surface area contributed by atoms with Crippen LogP contribution < -0.4 is 15.6 Å². The number of ether oxygens (including phenoxy) is 1. The largest absolute Gasteiger partial charge is 0.495 e. The summed E-state index contributed by atoms with van der Waals surface area (Å²) < 4.78 is 6.78. The van der Waals surface area contributed by atoms with E-state index in [1.807, 2.05) is 0 Å². The van der Waals surface area contributed by atoms with Gasteiger partial charge < -0.3 is 10.1 Å². The van der Waals surface area contributed by atoms with Crippen molar-refractivity contribution in [3.63, 3.8) is 0 Å². The van der Waals surface area contributed by atoms with E-state index in [2.05, 4.69) is 26.2 Å². The summed E-state index contributed by atoms with van der Waals surface area (Å²) >= 11 is 3.11. The lowest BCUT2D eigenvalue weighted by Gasteiger charge is -2.12. The average Bonchev–Trinajstić information content (AvgIpc) is 2.48. The maximum atomic E-state index is 12.1. The molecule has 0 radical (unpaired) electrons. The molecule has 0 aliphatic heterocycles. The molecule has 1 aromatic carbocycles.